The quantitative estimate of drug-likeness (QED) is 0.222. The molecule has 5 rings (SSSR count). The number of nitrogens with zero attached hydrogens (tertiary/aromatic N) is 4. The number of rotatable bonds is 8. The number of carbonyl (C=O) groups excluding carboxylic acids is 2. The minimum absolute atomic E-state index is 0.00935. The number of aromatic nitrogens is 3. The van der Waals surface area contributed by atoms with E-state index in [4.69, 9.17) is 14.2 Å². The van der Waals surface area contributed by atoms with E-state index >= 15 is 4.39 Å². The minimum Gasteiger partial charge on any atom is -0.495 e. The van der Waals surface area contributed by atoms with E-state index in [2.05, 4.69) is 10.3 Å². The van der Waals surface area contributed by atoms with Gasteiger partial charge in [0.25, 0.3) is 11.5 Å². The molecule has 2 atom stereocenters. The first-order chi connectivity index (χ1) is 22.8. The van der Waals surface area contributed by atoms with Crippen molar-refractivity contribution in [3.63, 3.8) is 0 Å². The van der Waals surface area contributed by atoms with Crippen molar-refractivity contribution in [2.75, 3.05) is 38.9 Å². The highest BCUT2D eigenvalue weighted by atomic mass is 19.4. The van der Waals surface area contributed by atoms with E-state index in [-0.39, 0.29) is 47.6 Å². The molecule has 1 N–H and O–H groups in total. The number of methoxy groups -OCH3 is 2. The number of amides is 1. The van der Waals surface area contributed by atoms with Crippen LogP contribution in [0.4, 0.5) is 23.2 Å². The van der Waals surface area contributed by atoms with Gasteiger partial charge in [-0.05, 0) is 48.4 Å². The Hall–Kier alpha value is -5.25. The van der Waals surface area contributed by atoms with Crippen molar-refractivity contribution in [1.29, 1.82) is 0 Å². The number of carbonyl (C=O) groups is 2. The largest absolute Gasteiger partial charge is 0.495 e. The highest BCUT2D eigenvalue weighted by molar-refractivity contribution is 5.98. The van der Waals surface area contributed by atoms with Gasteiger partial charge in [-0.2, -0.15) is 13.2 Å². The van der Waals surface area contributed by atoms with E-state index in [0.717, 1.165) is 22.6 Å². The molecule has 2 aromatic carbocycles. The highest BCUT2D eigenvalue weighted by Gasteiger charge is 2.45. The molecule has 0 aliphatic carbocycles. The van der Waals surface area contributed by atoms with Gasteiger partial charge < -0.3 is 24.4 Å². The van der Waals surface area contributed by atoms with Crippen LogP contribution in [-0.4, -0.2) is 78.2 Å². The van der Waals surface area contributed by atoms with Crippen LogP contribution in [-0.2, 0) is 27.7 Å². The smallest absolute Gasteiger partial charge is 0.411 e. The van der Waals surface area contributed by atoms with Crippen molar-refractivity contribution in [2.24, 2.45) is 7.05 Å². The standard InChI is InChI=1S/C32H31F4N5O7/c1-17-11-19(40-9-10-48-16-26(40)32(34,35)36)14-21(33)27(17)28(42)38-22(30(44)47-4)12-18-5-6-23(25(13-18)46-3)41-29(43)20-7-8-37-15-24(20)39(2)31(41)45/h5-8,11,13-15,22,26H,9-10,12,16H2,1-4H3,(H,38,42)/t22-,26+/m0/s1. The van der Waals surface area contributed by atoms with Crippen LogP contribution >= 0.6 is 0 Å². The number of hydrogen-bond donors (Lipinski definition) is 1. The van der Waals surface area contributed by atoms with E-state index in [1.807, 2.05) is 0 Å². The first-order valence-corrected chi connectivity index (χ1v) is 14.6. The zero-order chi connectivity index (χ0) is 34.9. The molecule has 254 valence electrons. The Bertz CT molecular complexity index is 1990. The minimum atomic E-state index is -4.63. The van der Waals surface area contributed by atoms with Crippen LogP contribution < -0.4 is 26.2 Å². The van der Waals surface area contributed by atoms with Gasteiger partial charge in [-0.3, -0.25) is 19.1 Å². The monoisotopic (exact) mass is 673 g/mol. The lowest BCUT2D eigenvalue weighted by Gasteiger charge is -2.38. The molecule has 1 aliphatic heterocycles. The maximum Gasteiger partial charge on any atom is 0.411 e. The molecule has 0 unspecified atom stereocenters. The summed E-state index contributed by atoms with van der Waals surface area (Å²) in [5, 5.41) is 2.70. The van der Waals surface area contributed by atoms with E-state index in [9.17, 15) is 32.3 Å². The molecule has 12 nitrogen and oxygen atoms in total. The molecule has 4 aromatic rings. The number of alkyl halides is 3. The third kappa shape index (κ3) is 6.47. The van der Waals surface area contributed by atoms with E-state index < -0.39 is 59.4 Å². The van der Waals surface area contributed by atoms with Crippen molar-refractivity contribution in [1.82, 2.24) is 19.4 Å². The number of fused-ring (bicyclic) bond motifs is 1. The maximum absolute atomic E-state index is 15.4. The number of anilines is 1. The molecule has 0 spiro atoms. The molecular weight excluding hydrogens is 642 g/mol. The number of halogens is 4. The second kappa shape index (κ2) is 13.5. The zero-order valence-corrected chi connectivity index (χ0v) is 26.3. The summed E-state index contributed by atoms with van der Waals surface area (Å²) in [6.45, 7) is 0.626. The number of hydrogen-bond acceptors (Lipinski definition) is 9. The van der Waals surface area contributed by atoms with E-state index in [1.165, 1.54) is 68.4 Å². The second-order valence-corrected chi connectivity index (χ2v) is 11.1. The lowest BCUT2D eigenvalue weighted by atomic mass is 10.0. The summed E-state index contributed by atoms with van der Waals surface area (Å²) in [5.74, 6) is -2.84. The molecule has 0 radical (unpaired) electrons. The molecular formula is C32H31F4N5O7. The molecule has 1 fully saturated rings. The molecule has 1 amide bonds. The number of esters is 1. The first-order valence-electron chi connectivity index (χ1n) is 14.6. The van der Waals surface area contributed by atoms with Crippen LogP contribution in [0.25, 0.3) is 16.6 Å². The number of ether oxygens (including phenoxy) is 3. The maximum atomic E-state index is 15.4. The van der Waals surface area contributed by atoms with Crippen LogP contribution in [0.15, 0.2) is 58.4 Å². The van der Waals surface area contributed by atoms with Crippen molar-refractivity contribution >= 4 is 28.5 Å². The number of benzene rings is 2. The van der Waals surface area contributed by atoms with Gasteiger partial charge in [0.1, 0.15) is 23.7 Å². The normalized spacial score (nSPS) is 15.7. The third-order valence-electron chi connectivity index (χ3n) is 8.13. The van der Waals surface area contributed by atoms with Gasteiger partial charge in [-0.25, -0.2) is 18.5 Å². The second-order valence-electron chi connectivity index (χ2n) is 11.1. The zero-order valence-electron chi connectivity index (χ0n) is 26.3. The summed E-state index contributed by atoms with van der Waals surface area (Å²) < 4.78 is 73.8. The lowest BCUT2D eigenvalue weighted by Crippen LogP contribution is -2.53. The van der Waals surface area contributed by atoms with Gasteiger partial charge in [0.15, 0.2) is 0 Å². The Morgan fingerprint density at radius 3 is 2.56 bits per heavy atom. The molecule has 0 saturated carbocycles. The van der Waals surface area contributed by atoms with Crippen molar-refractivity contribution in [2.45, 2.75) is 31.6 Å². The van der Waals surface area contributed by atoms with Gasteiger partial charge in [-0.1, -0.05) is 6.07 Å². The average molecular weight is 674 g/mol. The molecule has 2 aromatic heterocycles. The SMILES string of the molecule is COC(=O)[C@H](Cc1ccc(-n2c(=O)c3ccncc3n(C)c2=O)c(OC)c1)NC(=O)c1c(C)cc(N2CCOC[C@@H]2C(F)(F)F)cc1F. The first kappa shape index (κ1) is 34.1. The fourth-order valence-corrected chi connectivity index (χ4v) is 5.71. The summed E-state index contributed by atoms with van der Waals surface area (Å²) >= 11 is 0. The van der Waals surface area contributed by atoms with Crippen molar-refractivity contribution in [3.8, 4) is 11.4 Å². The van der Waals surface area contributed by atoms with Gasteiger partial charge in [0.05, 0.1) is 55.8 Å². The van der Waals surface area contributed by atoms with Crippen molar-refractivity contribution < 1.29 is 41.4 Å². The van der Waals surface area contributed by atoms with Gasteiger partial charge in [0, 0.05) is 31.9 Å². The van der Waals surface area contributed by atoms with Gasteiger partial charge >= 0.3 is 17.8 Å². The Morgan fingerprint density at radius 2 is 1.90 bits per heavy atom. The Balaban J connectivity index is 1.43. The Labute approximate surface area is 270 Å². The predicted molar refractivity (Wildman–Crippen MR) is 165 cm³/mol. The molecule has 16 heteroatoms. The van der Waals surface area contributed by atoms with Crippen LogP contribution in [0.5, 0.6) is 5.75 Å². The topological polar surface area (TPSA) is 134 Å². The summed E-state index contributed by atoms with van der Waals surface area (Å²) in [5.41, 5.74) is -0.870. The molecule has 0 bridgehead atoms. The van der Waals surface area contributed by atoms with Gasteiger partial charge in [0.2, 0.25) is 0 Å². The molecule has 1 aliphatic rings. The summed E-state index contributed by atoms with van der Waals surface area (Å²) in [6, 6.07) is 4.71. The summed E-state index contributed by atoms with van der Waals surface area (Å²) in [7, 11) is 3.92. The molecule has 48 heavy (non-hydrogen) atoms. The fraction of sp³-hybridized carbons (Fsp3) is 0.344. The number of aryl methyl sites for hydroxylation is 2. The van der Waals surface area contributed by atoms with Crippen molar-refractivity contribution in [3.05, 3.63) is 92.1 Å². The van der Waals surface area contributed by atoms with E-state index in [1.54, 1.807) is 0 Å². The van der Waals surface area contributed by atoms with Crippen LogP contribution in [0.2, 0.25) is 0 Å². The Morgan fingerprint density at radius 1 is 1.15 bits per heavy atom. The average Bonchev–Trinajstić information content (AvgIpc) is 3.06. The highest BCUT2D eigenvalue weighted by Crippen LogP contribution is 2.33. The van der Waals surface area contributed by atoms with Gasteiger partial charge in [-0.15, -0.1) is 0 Å². The molecule has 1 saturated heterocycles. The van der Waals surface area contributed by atoms with Crippen LogP contribution in [0.3, 0.4) is 0 Å². The van der Waals surface area contributed by atoms with Crippen LogP contribution in [0.1, 0.15) is 21.5 Å². The summed E-state index contributed by atoms with van der Waals surface area (Å²) in [4.78, 5) is 57.5. The fourth-order valence-electron chi connectivity index (χ4n) is 5.71. The Kier molecular flexibility index (Phi) is 9.57. The molecule has 3 heterocycles. The lowest BCUT2D eigenvalue weighted by molar-refractivity contribution is -0.167. The van der Waals surface area contributed by atoms with Crippen LogP contribution in [0, 0.1) is 12.7 Å². The third-order valence-corrected chi connectivity index (χ3v) is 8.13. The number of pyridine rings is 1. The predicted octanol–water partition coefficient (Wildman–Crippen LogP) is 2.82. The summed E-state index contributed by atoms with van der Waals surface area (Å²) in [6.07, 6.45) is -1.98. The number of nitrogens with one attached hydrogen (secondary N) is 1. The number of morpholine rings is 1. The van der Waals surface area contributed by atoms with E-state index in [0.29, 0.717) is 11.1 Å².